The van der Waals surface area contributed by atoms with E-state index in [1.165, 1.54) is 35.1 Å². The van der Waals surface area contributed by atoms with Gasteiger partial charge >= 0.3 is 0 Å². The van der Waals surface area contributed by atoms with Crippen LogP contribution in [0.2, 0.25) is 0 Å². The van der Waals surface area contributed by atoms with Gasteiger partial charge in [-0.1, -0.05) is 31.1 Å². The lowest BCUT2D eigenvalue weighted by molar-refractivity contribution is 0.756. The summed E-state index contributed by atoms with van der Waals surface area (Å²) in [5.41, 5.74) is 0.733. The second-order valence-corrected chi connectivity index (χ2v) is 5.66. The highest BCUT2D eigenvalue weighted by molar-refractivity contribution is 7.20. The van der Waals surface area contributed by atoms with E-state index in [-0.39, 0.29) is 5.56 Å². The predicted molar refractivity (Wildman–Crippen MR) is 72.3 cm³/mol. The largest absolute Gasteiger partial charge is 0.360 e. The summed E-state index contributed by atoms with van der Waals surface area (Å²) in [5, 5.41) is 8.32. The van der Waals surface area contributed by atoms with Crippen LogP contribution in [-0.2, 0) is 6.42 Å². The first kappa shape index (κ1) is 11.6. The molecule has 1 N–H and O–H groups in total. The van der Waals surface area contributed by atoms with Gasteiger partial charge in [0.2, 0.25) is 10.1 Å². The van der Waals surface area contributed by atoms with Gasteiger partial charge in [0, 0.05) is 18.3 Å². The lowest BCUT2D eigenvalue weighted by Gasteiger charge is -1.98. The van der Waals surface area contributed by atoms with Crippen molar-refractivity contribution in [1.82, 2.24) is 14.6 Å². The van der Waals surface area contributed by atoms with Crippen molar-refractivity contribution in [2.45, 2.75) is 32.6 Å². The zero-order valence-electron chi connectivity index (χ0n) is 10.3. The molecule has 2 heterocycles. The highest BCUT2D eigenvalue weighted by Crippen LogP contribution is 2.32. The summed E-state index contributed by atoms with van der Waals surface area (Å²) in [6, 6.07) is 1.56. The van der Waals surface area contributed by atoms with Crippen LogP contribution >= 0.6 is 11.3 Å². The molecule has 18 heavy (non-hydrogen) atoms. The number of anilines is 1. The highest BCUT2D eigenvalue weighted by Gasteiger charge is 2.20. The van der Waals surface area contributed by atoms with Crippen molar-refractivity contribution in [1.29, 1.82) is 0 Å². The summed E-state index contributed by atoms with van der Waals surface area (Å²) in [4.78, 5) is 16.9. The summed E-state index contributed by atoms with van der Waals surface area (Å²) in [6.45, 7) is 2.92. The lowest BCUT2D eigenvalue weighted by atomic mass is 10.3. The maximum absolute atomic E-state index is 11.8. The number of fused-ring (bicyclic) bond motifs is 1. The molecule has 0 bridgehead atoms. The molecule has 0 aromatic carbocycles. The molecule has 3 rings (SSSR count). The maximum Gasteiger partial charge on any atom is 0.275 e. The molecule has 2 aromatic heterocycles. The topological polar surface area (TPSA) is 59.3 Å². The molecule has 96 valence electrons. The molecule has 0 spiro atoms. The molecule has 2 aromatic rings. The minimum atomic E-state index is -0.0941. The number of nitrogens with zero attached hydrogens (tertiary/aromatic N) is 3. The Morgan fingerprint density at radius 1 is 1.56 bits per heavy atom. The first-order chi connectivity index (χ1) is 8.76. The van der Waals surface area contributed by atoms with Gasteiger partial charge in [0.05, 0.1) is 0 Å². The van der Waals surface area contributed by atoms with Crippen LogP contribution in [-0.4, -0.2) is 21.1 Å². The van der Waals surface area contributed by atoms with Crippen LogP contribution in [0.25, 0.3) is 4.96 Å². The second-order valence-electron chi connectivity index (χ2n) is 4.70. The first-order valence-electron chi connectivity index (χ1n) is 6.40. The van der Waals surface area contributed by atoms with E-state index in [1.54, 1.807) is 6.07 Å². The maximum atomic E-state index is 11.8. The molecule has 1 saturated carbocycles. The summed E-state index contributed by atoms with van der Waals surface area (Å²) in [6.07, 6.45) is 4.69. The van der Waals surface area contributed by atoms with Crippen molar-refractivity contribution in [2.75, 3.05) is 11.9 Å². The van der Waals surface area contributed by atoms with Gasteiger partial charge in [0.1, 0.15) is 0 Å². The number of hydrogen-bond donors (Lipinski definition) is 1. The van der Waals surface area contributed by atoms with Gasteiger partial charge in [-0.2, -0.15) is 4.52 Å². The van der Waals surface area contributed by atoms with Crippen LogP contribution in [0, 0.1) is 5.92 Å². The molecule has 0 unspecified atom stereocenters. The van der Waals surface area contributed by atoms with Crippen LogP contribution in [0.4, 0.5) is 5.13 Å². The average molecular weight is 264 g/mol. The molecule has 0 aliphatic heterocycles. The first-order valence-corrected chi connectivity index (χ1v) is 7.21. The molecule has 1 fully saturated rings. The van der Waals surface area contributed by atoms with E-state index in [0.717, 1.165) is 29.7 Å². The van der Waals surface area contributed by atoms with Crippen molar-refractivity contribution in [2.24, 2.45) is 5.92 Å². The van der Waals surface area contributed by atoms with Gasteiger partial charge in [-0.3, -0.25) is 4.79 Å². The van der Waals surface area contributed by atoms with Crippen LogP contribution in [0.1, 0.15) is 31.9 Å². The third-order valence-corrected chi connectivity index (χ3v) is 4.05. The smallest absolute Gasteiger partial charge is 0.275 e. The van der Waals surface area contributed by atoms with Gasteiger partial charge in [-0.15, -0.1) is 5.10 Å². The average Bonchev–Trinajstić information content (AvgIpc) is 3.08. The fourth-order valence-electron chi connectivity index (χ4n) is 1.90. The van der Waals surface area contributed by atoms with Crippen molar-refractivity contribution in [3.05, 3.63) is 22.1 Å². The van der Waals surface area contributed by atoms with Crippen molar-refractivity contribution in [3.8, 4) is 0 Å². The van der Waals surface area contributed by atoms with E-state index in [2.05, 4.69) is 15.4 Å². The van der Waals surface area contributed by atoms with Crippen LogP contribution in [0.3, 0.4) is 0 Å². The molecular weight excluding hydrogens is 248 g/mol. The minimum absolute atomic E-state index is 0.0941. The minimum Gasteiger partial charge on any atom is -0.360 e. The lowest BCUT2D eigenvalue weighted by Crippen LogP contribution is -2.15. The molecule has 0 radical (unpaired) electrons. The van der Waals surface area contributed by atoms with Gasteiger partial charge < -0.3 is 5.32 Å². The molecule has 0 saturated heterocycles. The number of rotatable bonds is 5. The van der Waals surface area contributed by atoms with Crippen molar-refractivity contribution < 1.29 is 0 Å². The number of aromatic nitrogens is 3. The standard InChI is InChI=1S/C12H16N4OS/c1-2-9-7-10(17)16-12(14-9)18-11(15-16)13-6-5-8-3-4-8/h7-8H,2-6H2,1H3,(H,13,15). The molecule has 1 aliphatic carbocycles. The Balaban J connectivity index is 1.80. The third-order valence-electron chi connectivity index (χ3n) is 3.19. The second kappa shape index (κ2) is 4.68. The summed E-state index contributed by atoms with van der Waals surface area (Å²) < 4.78 is 1.38. The van der Waals surface area contributed by atoms with E-state index >= 15 is 0 Å². The van der Waals surface area contributed by atoms with Gasteiger partial charge in [-0.25, -0.2) is 4.98 Å². The predicted octanol–water partition coefficient (Wildman–Crippen LogP) is 1.93. The Labute approximate surface area is 109 Å². The fourth-order valence-corrected chi connectivity index (χ4v) is 2.75. The van der Waals surface area contributed by atoms with E-state index in [4.69, 9.17) is 0 Å². The molecule has 6 heteroatoms. The monoisotopic (exact) mass is 264 g/mol. The molecule has 5 nitrogen and oxygen atoms in total. The summed E-state index contributed by atoms with van der Waals surface area (Å²) >= 11 is 1.44. The normalized spacial score (nSPS) is 15.2. The molecule has 0 atom stereocenters. The van der Waals surface area contributed by atoms with Crippen molar-refractivity contribution in [3.63, 3.8) is 0 Å². The molecular formula is C12H16N4OS. The van der Waals surface area contributed by atoms with E-state index < -0.39 is 0 Å². The zero-order chi connectivity index (χ0) is 12.5. The Hall–Kier alpha value is -1.43. The molecule has 0 amide bonds. The highest BCUT2D eigenvalue weighted by atomic mass is 32.1. The van der Waals surface area contributed by atoms with Gasteiger partial charge in [0.25, 0.3) is 5.56 Å². The Bertz CT molecular complexity index is 614. The zero-order valence-corrected chi connectivity index (χ0v) is 11.2. The third kappa shape index (κ3) is 2.38. The van der Waals surface area contributed by atoms with Crippen LogP contribution in [0.5, 0.6) is 0 Å². The van der Waals surface area contributed by atoms with Crippen LogP contribution < -0.4 is 10.9 Å². The summed E-state index contributed by atoms with van der Waals surface area (Å²) in [5.74, 6) is 0.902. The Morgan fingerprint density at radius 3 is 3.11 bits per heavy atom. The van der Waals surface area contributed by atoms with E-state index in [0.29, 0.717) is 4.96 Å². The fraction of sp³-hybridized carbons (Fsp3) is 0.583. The SMILES string of the molecule is CCc1cc(=O)n2nc(NCCC3CC3)sc2n1. The van der Waals surface area contributed by atoms with Crippen molar-refractivity contribution >= 4 is 21.4 Å². The number of aryl methyl sites for hydroxylation is 1. The Kier molecular flexibility index (Phi) is 3.03. The van der Waals surface area contributed by atoms with Gasteiger partial charge in [0.15, 0.2) is 0 Å². The quantitative estimate of drug-likeness (QED) is 0.896. The molecule has 1 aliphatic rings. The number of nitrogens with one attached hydrogen (secondary N) is 1. The summed E-state index contributed by atoms with van der Waals surface area (Å²) in [7, 11) is 0. The van der Waals surface area contributed by atoms with E-state index in [9.17, 15) is 4.79 Å². The van der Waals surface area contributed by atoms with E-state index in [1.807, 2.05) is 6.92 Å². The number of hydrogen-bond acceptors (Lipinski definition) is 5. The van der Waals surface area contributed by atoms with Crippen LogP contribution in [0.15, 0.2) is 10.9 Å². The van der Waals surface area contributed by atoms with Gasteiger partial charge in [-0.05, 0) is 18.8 Å². The Morgan fingerprint density at radius 2 is 2.39 bits per heavy atom.